The fraction of sp³-hybridized carbons (Fsp3) is 0.429. The first-order valence-electron chi connectivity index (χ1n) is 6.19. The van der Waals surface area contributed by atoms with E-state index < -0.39 is 0 Å². The van der Waals surface area contributed by atoms with Crippen molar-refractivity contribution in [1.29, 1.82) is 0 Å². The summed E-state index contributed by atoms with van der Waals surface area (Å²) in [6.07, 6.45) is 0. The van der Waals surface area contributed by atoms with Crippen LogP contribution in [0.2, 0.25) is 0 Å². The van der Waals surface area contributed by atoms with Gasteiger partial charge in [-0.3, -0.25) is 0 Å². The number of aryl methyl sites for hydroxylation is 1. The van der Waals surface area contributed by atoms with Gasteiger partial charge >= 0.3 is 0 Å². The second-order valence-electron chi connectivity index (χ2n) is 5.56. The van der Waals surface area contributed by atoms with Crippen LogP contribution in [0.3, 0.4) is 0 Å². The van der Waals surface area contributed by atoms with E-state index in [4.69, 9.17) is 0 Å². The van der Waals surface area contributed by atoms with Gasteiger partial charge in [0.25, 0.3) is 0 Å². The van der Waals surface area contributed by atoms with Crippen molar-refractivity contribution in [3.05, 3.63) is 34.6 Å². The lowest BCUT2D eigenvalue weighted by Crippen LogP contribution is -2.35. The zero-order valence-corrected chi connectivity index (χ0v) is 12.4. The monoisotopic (exact) mass is 279 g/mol. The maximum absolute atomic E-state index is 13.3. The van der Waals surface area contributed by atoms with Gasteiger partial charge in [0.2, 0.25) is 0 Å². The van der Waals surface area contributed by atoms with Crippen molar-refractivity contribution in [2.45, 2.75) is 39.8 Å². The maximum atomic E-state index is 13.3. The predicted molar refractivity (Wildman–Crippen MR) is 76.6 cm³/mol. The summed E-state index contributed by atoms with van der Waals surface area (Å²) in [5, 5.41) is 13.3. The third-order valence-electron chi connectivity index (χ3n) is 2.67. The van der Waals surface area contributed by atoms with Crippen LogP contribution in [0.25, 0.3) is 10.6 Å². The Hall–Kier alpha value is -1.33. The molecule has 19 heavy (non-hydrogen) atoms. The molecule has 0 aliphatic heterocycles. The Kier molecular flexibility index (Phi) is 3.96. The molecule has 0 spiro atoms. The Balaban J connectivity index is 2.19. The predicted octanol–water partition coefficient (Wildman–Crippen LogP) is 3.54. The molecule has 1 heterocycles. The Morgan fingerprint density at radius 1 is 1.26 bits per heavy atom. The number of rotatable bonds is 3. The molecular weight excluding hydrogens is 261 g/mol. The lowest BCUT2D eigenvalue weighted by atomic mass is 10.1. The van der Waals surface area contributed by atoms with Crippen LogP contribution in [0.5, 0.6) is 0 Å². The highest BCUT2D eigenvalue weighted by molar-refractivity contribution is 7.14. The van der Waals surface area contributed by atoms with E-state index in [0.29, 0.717) is 6.54 Å². The lowest BCUT2D eigenvalue weighted by Gasteiger charge is -2.19. The van der Waals surface area contributed by atoms with Gasteiger partial charge < -0.3 is 5.32 Å². The summed E-state index contributed by atoms with van der Waals surface area (Å²) in [6, 6.07) is 4.73. The summed E-state index contributed by atoms with van der Waals surface area (Å²) in [5.74, 6) is -0.245. The second kappa shape index (κ2) is 5.35. The molecule has 2 aromatic rings. The number of hydrogen-bond donors (Lipinski definition) is 1. The van der Waals surface area contributed by atoms with Gasteiger partial charge in [0.1, 0.15) is 15.8 Å². The van der Waals surface area contributed by atoms with E-state index in [1.807, 2.05) is 6.92 Å². The van der Waals surface area contributed by atoms with Gasteiger partial charge in [0, 0.05) is 11.1 Å². The maximum Gasteiger partial charge on any atom is 0.148 e. The molecular formula is C14H18FN3S. The van der Waals surface area contributed by atoms with Gasteiger partial charge in [0.15, 0.2) is 0 Å². The summed E-state index contributed by atoms with van der Waals surface area (Å²) < 4.78 is 13.3. The summed E-state index contributed by atoms with van der Waals surface area (Å²) in [7, 11) is 0. The second-order valence-corrected chi connectivity index (χ2v) is 6.63. The van der Waals surface area contributed by atoms with Gasteiger partial charge in [-0.2, -0.15) is 0 Å². The zero-order chi connectivity index (χ0) is 14.0. The average Bonchev–Trinajstić information content (AvgIpc) is 2.77. The van der Waals surface area contributed by atoms with Gasteiger partial charge in [-0.1, -0.05) is 17.4 Å². The molecule has 0 unspecified atom stereocenters. The fourth-order valence-corrected chi connectivity index (χ4v) is 2.46. The molecule has 1 aromatic carbocycles. The van der Waals surface area contributed by atoms with E-state index in [2.05, 4.69) is 36.3 Å². The van der Waals surface area contributed by atoms with Crippen LogP contribution in [-0.2, 0) is 6.54 Å². The van der Waals surface area contributed by atoms with Crippen LogP contribution in [0.4, 0.5) is 4.39 Å². The normalized spacial score (nSPS) is 11.8. The van der Waals surface area contributed by atoms with Crippen molar-refractivity contribution >= 4 is 11.3 Å². The summed E-state index contributed by atoms with van der Waals surface area (Å²) >= 11 is 1.50. The van der Waals surface area contributed by atoms with E-state index >= 15 is 0 Å². The Labute approximate surface area is 116 Å². The Morgan fingerprint density at radius 2 is 2.00 bits per heavy atom. The average molecular weight is 279 g/mol. The first kappa shape index (κ1) is 14.1. The highest BCUT2D eigenvalue weighted by Gasteiger charge is 2.13. The van der Waals surface area contributed by atoms with Gasteiger partial charge in [-0.15, -0.1) is 10.2 Å². The Morgan fingerprint density at radius 3 is 2.68 bits per heavy atom. The molecule has 2 rings (SSSR count). The van der Waals surface area contributed by atoms with E-state index in [0.717, 1.165) is 21.1 Å². The molecule has 3 nitrogen and oxygen atoms in total. The highest BCUT2D eigenvalue weighted by Crippen LogP contribution is 2.27. The fourth-order valence-electron chi connectivity index (χ4n) is 1.60. The molecule has 1 aromatic heterocycles. The van der Waals surface area contributed by atoms with E-state index in [-0.39, 0.29) is 11.4 Å². The van der Waals surface area contributed by atoms with Crippen LogP contribution >= 0.6 is 11.3 Å². The summed E-state index contributed by atoms with van der Waals surface area (Å²) in [6.45, 7) is 8.93. The molecule has 0 radical (unpaired) electrons. The molecule has 0 saturated heterocycles. The third-order valence-corrected chi connectivity index (χ3v) is 3.62. The van der Waals surface area contributed by atoms with Gasteiger partial charge in [-0.05, 0) is 45.4 Å². The SMILES string of the molecule is Cc1ccc(F)cc1-c1nnc(CNC(C)(C)C)s1. The van der Waals surface area contributed by atoms with Crippen molar-refractivity contribution in [2.75, 3.05) is 0 Å². The molecule has 1 N–H and O–H groups in total. The standard InChI is InChI=1S/C14H18FN3S/c1-9-5-6-10(15)7-11(9)13-18-17-12(19-13)8-16-14(2,3)4/h5-7,16H,8H2,1-4H3. The number of hydrogen-bond acceptors (Lipinski definition) is 4. The quantitative estimate of drug-likeness (QED) is 0.934. The van der Waals surface area contributed by atoms with E-state index in [9.17, 15) is 4.39 Å². The third kappa shape index (κ3) is 3.81. The Bertz CT molecular complexity index is 572. The van der Waals surface area contributed by atoms with Crippen molar-refractivity contribution in [3.8, 4) is 10.6 Å². The number of nitrogens with zero attached hydrogens (tertiary/aromatic N) is 2. The van der Waals surface area contributed by atoms with E-state index in [1.54, 1.807) is 6.07 Å². The van der Waals surface area contributed by atoms with Crippen molar-refractivity contribution in [1.82, 2.24) is 15.5 Å². The minimum absolute atomic E-state index is 0.0423. The van der Waals surface area contributed by atoms with E-state index in [1.165, 1.54) is 23.5 Å². The van der Waals surface area contributed by atoms with Crippen LogP contribution in [0.15, 0.2) is 18.2 Å². The molecule has 0 atom stereocenters. The number of halogens is 1. The van der Waals surface area contributed by atoms with Crippen molar-refractivity contribution in [2.24, 2.45) is 0 Å². The smallest absolute Gasteiger partial charge is 0.148 e. The largest absolute Gasteiger partial charge is 0.306 e. The van der Waals surface area contributed by atoms with Crippen LogP contribution < -0.4 is 5.32 Å². The minimum Gasteiger partial charge on any atom is -0.306 e. The summed E-state index contributed by atoms with van der Waals surface area (Å²) in [4.78, 5) is 0. The van der Waals surface area contributed by atoms with Crippen LogP contribution in [-0.4, -0.2) is 15.7 Å². The van der Waals surface area contributed by atoms with Crippen molar-refractivity contribution < 1.29 is 4.39 Å². The minimum atomic E-state index is -0.245. The molecule has 0 fully saturated rings. The summed E-state index contributed by atoms with van der Waals surface area (Å²) in [5.41, 5.74) is 1.87. The van der Waals surface area contributed by atoms with Gasteiger partial charge in [-0.25, -0.2) is 4.39 Å². The van der Waals surface area contributed by atoms with Crippen molar-refractivity contribution in [3.63, 3.8) is 0 Å². The number of nitrogens with one attached hydrogen (secondary N) is 1. The molecule has 5 heteroatoms. The first-order valence-corrected chi connectivity index (χ1v) is 7.01. The number of benzene rings is 1. The molecule has 0 aliphatic rings. The van der Waals surface area contributed by atoms with Crippen LogP contribution in [0, 0.1) is 12.7 Å². The molecule has 0 aliphatic carbocycles. The zero-order valence-electron chi connectivity index (χ0n) is 11.6. The van der Waals surface area contributed by atoms with Crippen LogP contribution in [0.1, 0.15) is 31.3 Å². The molecule has 0 saturated carbocycles. The number of aromatic nitrogens is 2. The lowest BCUT2D eigenvalue weighted by molar-refractivity contribution is 0.423. The molecule has 0 amide bonds. The topological polar surface area (TPSA) is 37.8 Å². The molecule has 0 bridgehead atoms. The molecule has 102 valence electrons. The first-order chi connectivity index (χ1) is 8.85. The van der Waals surface area contributed by atoms with Gasteiger partial charge in [0.05, 0.1) is 6.54 Å². The highest BCUT2D eigenvalue weighted by atomic mass is 32.1.